The number of alkyl halides is 3. The first kappa shape index (κ1) is 21.8. The van der Waals surface area contributed by atoms with Gasteiger partial charge in [0.25, 0.3) is 5.91 Å². The van der Waals surface area contributed by atoms with E-state index in [2.05, 4.69) is 25.3 Å². The van der Waals surface area contributed by atoms with E-state index in [9.17, 15) is 18.0 Å². The Balaban J connectivity index is 1.42. The van der Waals surface area contributed by atoms with Gasteiger partial charge in [0.05, 0.1) is 36.2 Å². The van der Waals surface area contributed by atoms with Crippen molar-refractivity contribution in [3.05, 3.63) is 72.1 Å². The fraction of sp³-hybridized carbons (Fsp3) is 0.217. The molecule has 1 saturated heterocycles. The number of anilines is 2. The Hall–Kier alpha value is -3.99. The van der Waals surface area contributed by atoms with Gasteiger partial charge < -0.3 is 15.0 Å². The van der Waals surface area contributed by atoms with Crippen LogP contribution in [0, 0.1) is 0 Å². The van der Waals surface area contributed by atoms with Crippen LogP contribution in [0.2, 0.25) is 0 Å². The van der Waals surface area contributed by atoms with E-state index in [1.165, 1.54) is 35.1 Å². The normalized spacial score (nSPS) is 14.4. The quantitative estimate of drug-likeness (QED) is 0.489. The number of halogens is 3. The molecular weight excluding hydrogens is 449 g/mol. The molecule has 1 aliphatic heterocycles. The number of amides is 1. The number of morpholine rings is 1. The van der Waals surface area contributed by atoms with E-state index in [4.69, 9.17) is 4.74 Å². The third kappa shape index (κ3) is 4.42. The van der Waals surface area contributed by atoms with Crippen LogP contribution in [0.3, 0.4) is 0 Å². The van der Waals surface area contributed by atoms with E-state index in [1.807, 2.05) is 6.07 Å². The summed E-state index contributed by atoms with van der Waals surface area (Å²) in [5.41, 5.74) is 0.195. The van der Waals surface area contributed by atoms with Crippen LogP contribution in [0.4, 0.5) is 24.8 Å². The zero-order chi connectivity index (χ0) is 23.7. The van der Waals surface area contributed by atoms with E-state index in [1.54, 1.807) is 12.1 Å². The molecule has 34 heavy (non-hydrogen) atoms. The van der Waals surface area contributed by atoms with Gasteiger partial charge in [-0.15, -0.1) is 0 Å². The highest BCUT2D eigenvalue weighted by Crippen LogP contribution is 2.32. The van der Waals surface area contributed by atoms with Crippen molar-refractivity contribution in [2.45, 2.75) is 6.18 Å². The van der Waals surface area contributed by atoms with Crippen molar-refractivity contribution in [2.75, 3.05) is 36.5 Å². The molecule has 3 aromatic heterocycles. The molecule has 1 N–H and O–H groups in total. The molecule has 8 nitrogen and oxygen atoms in total. The molecule has 0 saturated carbocycles. The van der Waals surface area contributed by atoms with E-state index < -0.39 is 17.6 Å². The first-order valence-corrected chi connectivity index (χ1v) is 10.5. The molecule has 4 aromatic rings. The van der Waals surface area contributed by atoms with Crippen LogP contribution in [0.1, 0.15) is 15.9 Å². The van der Waals surface area contributed by atoms with E-state index in [0.717, 1.165) is 18.0 Å². The molecule has 0 atom stereocenters. The van der Waals surface area contributed by atoms with Gasteiger partial charge >= 0.3 is 6.18 Å². The average Bonchev–Trinajstić information content (AvgIpc) is 3.29. The second kappa shape index (κ2) is 8.75. The van der Waals surface area contributed by atoms with Crippen molar-refractivity contribution >= 4 is 23.2 Å². The van der Waals surface area contributed by atoms with Gasteiger partial charge in [0.1, 0.15) is 11.6 Å². The van der Waals surface area contributed by atoms with Crippen LogP contribution in [-0.2, 0) is 10.9 Å². The molecule has 1 aromatic carbocycles. The topological polar surface area (TPSA) is 84.7 Å². The molecule has 1 fully saturated rings. The number of rotatable bonds is 4. The molecule has 4 heterocycles. The van der Waals surface area contributed by atoms with Crippen molar-refractivity contribution in [1.29, 1.82) is 0 Å². The maximum atomic E-state index is 13.1. The average molecular weight is 468 g/mol. The molecule has 1 amide bonds. The molecule has 0 spiro atoms. The van der Waals surface area contributed by atoms with Crippen LogP contribution in [0.5, 0.6) is 0 Å². The fourth-order valence-electron chi connectivity index (χ4n) is 3.71. The summed E-state index contributed by atoms with van der Waals surface area (Å²) < 4.78 is 46.0. The minimum absolute atomic E-state index is 0.215. The van der Waals surface area contributed by atoms with Crippen molar-refractivity contribution in [3.63, 3.8) is 0 Å². The maximum absolute atomic E-state index is 13.1. The smallest absolute Gasteiger partial charge is 0.378 e. The highest BCUT2D eigenvalue weighted by Gasteiger charge is 2.30. The van der Waals surface area contributed by atoms with E-state index in [-0.39, 0.29) is 22.5 Å². The Morgan fingerprint density at radius 2 is 1.82 bits per heavy atom. The molecule has 1 aliphatic rings. The number of aromatic nitrogens is 4. The van der Waals surface area contributed by atoms with Crippen molar-refractivity contribution in [3.8, 4) is 11.3 Å². The number of nitrogens with one attached hydrogen (secondary N) is 1. The van der Waals surface area contributed by atoms with Gasteiger partial charge in [-0.05, 0) is 30.3 Å². The third-order valence-corrected chi connectivity index (χ3v) is 5.40. The Morgan fingerprint density at radius 3 is 2.62 bits per heavy atom. The van der Waals surface area contributed by atoms with Gasteiger partial charge in [-0.3, -0.25) is 4.79 Å². The minimum Gasteiger partial charge on any atom is -0.378 e. The number of imidazole rings is 1. The summed E-state index contributed by atoms with van der Waals surface area (Å²) in [4.78, 5) is 24.0. The zero-order valence-electron chi connectivity index (χ0n) is 17.8. The zero-order valence-corrected chi connectivity index (χ0v) is 17.8. The summed E-state index contributed by atoms with van der Waals surface area (Å²) in [6.45, 7) is 2.65. The summed E-state index contributed by atoms with van der Waals surface area (Å²) >= 11 is 0. The van der Waals surface area contributed by atoms with Gasteiger partial charge in [0.15, 0.2) is 5.65 Å². The van der Waals surface area contributed by atoms with Crippen LogP contribution >= 0.6 is 0 Å². The highest BCUT2D eigenvalue weighted by molar-refractivity contribution is 6.08. The Labute approximate surface area is 192 Å². The number of carbonyl (C=O) groups excluding carboxylic acids is 1. The first-order valence-electron chi connectivity index (χ1n) is 10.5. The van der Waals surface area contributed by atoms with Gasteiger partial charge in [-0.25, -0.2) is 14.5 Å². The van der Waals surface area contributed by atoms with E-state index in [0.29, 0.717) is 32.1 Å². The Kier molecular flexibility index (Phi) is 5.62. The molecule has 0 unspecified atom stereocenters. The van der Waals surface area contributed by atoms with Crippen molar-refractivity contribution < 1.29 is 22.7 Å². The monoisotopic (exact) mass is 468 g/mol. The SMILES string of the molecule is O=C(Nc1cccc(N2CCOCC2)n1)c1ccnn2cc(-c3cccc(C(F)(F)F)c3)nc12. The summed E-state index contributed by atoms with van der Waals surface area (Å²) in [5.74, 6) is 0.641. The summed E-state index contributed by atoms with van der Waals surface area (Å²) in [6, 6.07) is 11.7. The lowest BCUT2D eigenvalue weighted by molar-refractivity contribution is -0.137. The van der Waals surface area contributed by atoms with Crippen molar-refractivity contribution in [2.24, 2.45) is 0 Å². The van der Waals surface area contributed by atoms with Crippen molar-refractivity contribution in [1.82, 2.24) is 19.6 Å². The number of carbonyl (C=O) groups is 1. The van der Waals surface area contributed by atoms with Crippen LogP contribution in [0.25, 0.3) is 16.9 Å². The molecule has 11 heteroatoms. The Morgan fingerprint density at radius 1 is 1.03 bits per heavy atom. The Bertz CT molecular complexity index is 1350. The number of pyridine rings is 1. The van der Waals surface area contributed by atoms with Gasteiger partial charge in [-0.2, -0.15) is 18.3 Å². The summed E-state index contributed by atoms with van der Waals surface area (Å²) in [7, 11) is 0. The second-order valence-electron chi connectivity index (χ2n) is 7.65. The molecular formula is C23H19F3N6O2. The first-order chi connectivity index (χ1) is 16.4. The number of fused-ring (bicyclic) bond motifs is 1. The maximum Gasteiger partial charge on any atom is 0.416 e. The van der Waals surface area contributed by atoms with Gasteiger partial charge in [-0.1, -0.05) is 18.2 Å². The molecule has 5 rings (SSSR count). The second-order valence-corrected chi connectivity index (χ2v) is 7.65. The van der Waals surface area contributed by atoms with E-state index >= 15 is 0 Å². The standard InChI is InChI=1S/C23H19F3N6O2/c24-23(25,26)16-4-1-3-15(13-16)18-14-32-21(28-18)17(7-8-27-32)22(33)30-19-5-2-6-20(29-19)31-9-11-34-12-10-31/h1-8,13-14H,9-12H2,(H,29,30,33). The van der Waals surface area contributed by atoms with Crippen LogP contribution in [0.15, 0.2) is 60.9 Å². The predicted molar refractivity (Wildman–Crippen MR) is 119 cm³/mol. The lowest BCUT2D eigenvalue weighted by Gasteiger charge is -2.28. The molecule has 0 radical (unpaired) electrons. The van der Waals surface area contributed by atoms with Gasteiger partial charge in [0.2, 0.25) is 0 Å². The molecule has 0 aliphatic carbocycles. The fourth-order valence-corrected chi connectivity index (χ4v) is 3.71. The summed E-state index contributed by atoms with van der Waals surface area (Å²) in [5, 5.41) is 6.91. The largest absolute Gasteiger partial charge is 0.416 e. The number of nitrogens with zero attached hydrogens (tertiary/aromatic N) is 5. The highest BCUT2D eigenvalue weighted by atomic mass is 19.4. The van der Waals surface area contributed by atoms with Crippen LogP contribution in [-0.4, -0.2) is 51.8 Å². The molecule has 0 bridgehead atoms. The van der Waals surface area contributed by atoms with Crippen LogP contribution < -0.4 is 10.2 Å². The third-order valence-electron chi connectivity index (χ3n) is 5.40. The number of benzene rings is 1. The minimum atomic E-state index is -4.47. The van der Waals surface area contributed by atoms with Gasteiger partial charge in [0, 0.05) is 24.8 Å². The number of hydrogen-bond donors (Lipinski definition) is 1. The number of hydrogen-bond acceptors (Lipinski definition) is 6. The number of ether oxygens (including phenoxy) is 1. The molecule has 174 valence electrons. The lowest BCUT2D eigenvalue weighted by atomic mass is 10.1. The predicted octanol–water partition coefficient (Wildman–Crippen LogP) is 3.90. The lowest BCUT2D eigenvalue weighted by Crippen LogP contribution is -2.36. The summed E-state index contributed by atoms with van der Waals surface area (Å²) in [6.07, 6.45) is -1.56.